The van der Waals surface area contributed by atoms with Crippen molar-refractivity contribution < 1.29 is 13.2 Å². The standard InChI is InChI=1S/C26H26F3N5S/c1-17(2)23-6-4-5-7-24(23)31-25(35)34-30-16-19-8-14-22(15-9-19)33-32-18(3)20-10-12-21(13-11-20)26(27,28)29/h4-17,33H,1-3H3,(H2,31,34,35)/b30-16?,32-18+. The molecule has 0 aromatic heterocycles. The second kappa shape index (κ2) is 11.6. The minimum atomic E-state index is -4.36. The zero-order valence-corrected chi connectivity index (χ0v) is 20.3. The summed E-state index contributed by atoms with van der Waals surface area (Å²) in [7, 11) is 0. The second-order valence-corrected chi connectivity index (χ2v) is 8.48. The molecule has 0 amide bonds. The first-order valence-electron chi connectivity index (χ1n) is 10.9. The molecule has 0 radical (unpaired) electrons. The molecule has 0 bridgehead atoms. The molecule has 0 aliphatic rings. The largest absolute Gasteiger partial charge is 0.416 e. The normalized spacial score (nSPS) is 12.1. The molecule has 0 unspecified atom stereocenters. The highest BCUT2D eigenvalue weighted by molar-refractivity contribution is 7.80. The van der Waals surface area contributed by atoms with Gasteiger partial charge in [0.1, 0.15) is 0 Å². The van der Waals surface area contributed by atoms with E-state index in [-0.39, 0.29) is 0 Å². The number of halogens is 3. The van der Waals surface area contributed by atoms with Crippen molar-refractivity contribution in [2.75, 3.05) is 10.7 Å². The number of benzene rings is 3. The van der Waals surface area contributed by atoms with Gasteiger partial charge in [-0.3, -0.25) is 10.9 Å². The molecule has 3 aromatic rings. The van der Waals surface area contributed by atoms with E-state index in [0.29, 0.717) is 22.3 Å². The van der Waals surface area contributed by atoms with Gasteiger partial charge < -0.3 is 5.32 Å². The lowest BCUT2D eigenvalue weighted by atomic mass is 10.0. The summed E-state index contributed by atoms with van der Waals surface area (Å²) in [6.07, 6.45) is -2.72. The maximum Gasteiger partial charge on any atom is 0.416 e. The van der Waals surface area contributed by atoms with Crippen molar-refractivity contribution in [1.82, 2.24) is 5.43 Å². The molecule has 0 saturated carbocycles. The van der Waals surface area contributed by atoms with E-state index in [9.17, 15) is 13.2 Å². The Bertz CT molecular complexity index is 1200. The number of anilines is 2. The van der Waals surface area contributed by atoms with Gasteiger partial charge in [-0.1, -0.05) is 56.3 Å². The number of hydrogen-bond donors (Lipinski definition) is 3. The number of alkyl halides is 3. The Hall–Kier alpha value is -3.72. The lowest BCUT2D eigenvalue weighted by molar-refractivity contribution is -0.137. The number of para-hydroxylation sites is 1. The first kappa shape index (κ1) is 25.9. The van der Waals surface area contributed by atoms with Gasteiger partial charge in [-0.2, -0.15) is 23.4 Å². The van der Waals surface area contributed by atoms with Gasteiger partial charge in [0, 0.05) is 5.69 Å². The second-order valence-electron chi connectivity index (χ2n) is 8.07. The lowest BCUT2D eigenvalue weighted by Gasteiger charge is -2.14. The van der Waals surface area contributed by atoms with Crippen LogP contribution in [0.1, 0.15) is 48.9 Å². The molecular formula is C26H26F3N5S. The summed E-state index contributed by atoms with van der Waals surface area (Å²) < 4.78 is 38.1. The average Bonchev–Trinajstić information content (AvgIpc) is 2.83. The van der Waals surface area contributed by atoms with Gasteiger partial charge in [-0.15, -0.1) is 0 Å². The van der Waals surface area contributed by atoms with Gasteiger partial charge in [-0.25, -0.2) is 0 Å². The van der Waals surface area contributed by atoms with Gasteiger partial charge in [0.05, 0.1) is 23.2 Å². The van der Waals surface area contributed by atoms with Crippen molar-refractivity contribution in [3.8, 4) is 0 Å². The van der Waals surface area contributed by atoms with Crippen LogP contribution >= 0.6 is 12.2 Å². The Labute approximate surface area is 208 Å². The maximum atomic E-state index is 12.7. The molecule has 3 N–H and O–H groups in total. The average molecular weight is 498 g/mol. The van der Waals surface area contributed by atoms with E-state index in [2.05, 4.69) is 46.3 Å². The van der Waals surface area contributed by atoms with Crippen molar-refractivity contribution in [1.29, 1.82) is 0 Å². The fraction of sp³-hybridized carbons (Fsp3) is 0.192. The van der Waals surface area contributed by atoms with Crippen LogP contribution in [0.5, 0.6) is 0 Å². The molecule has 0 spiro atoms. The minimum Gasteiger partial charge on any atom is -0.331 e. The van der Waals surface area contributed by atoms with Crippen molar-refractivity contribution in [3.05, 3.63) is 95.1 Å². The number of hydrogen-bond acceptors (Lipinski definition) is 4. The van der Waals surface area contributed by atoms with Crippen LogP contribution in [-0.4, -0.2) is 17.0 Å². The van der Waals surface area contributed by atoms with Gasteiger partial charge in [0.15, 0.2) is 5.11 Å². The molecule has 0 fully saturated rings. The molecule has 35 heavy (non-hydrogen) atoms. The van der Waals surface area contributed by atoms with Crippen molar-refractivity contribution >= 4 is 40.6 Å². The molecule has 3 aromatic carbocycles. The fourth-order valence-corrected chi connectivity index (χ4v) is 3.35. The van der Waals surface area contributed by atoms with Crippen molar-refractivity contribution in [2.45, 2.75) is 32.9 Å². The molecule has 182 valence electrons. The Morgan fingerprint density at radius 1 is 0.943 bits per heavy atom. The number of thiocarbonyl (C=S) groups is 1. The molecule has 5 nitrogen and oxygen atoms in total. The van der Waals surface area contributed by atoms with E-state index in [1.54, 1.807) is 13.1 Å². The van der Waals surface area contributed by atoms with Crippen LogP contribution in [0.15, 0.2) is 83.0 Å². The van der Waals surface area contributed by atoms with Gasteiger partial charge in [0.2, 0.25) is 0 Å². The summed E-state index contributed by atoms with van der Waals surface area (Å²) in [5.74, 6) is 0.361. The Morgan fingerprint density at radius 3 is 2.23 bits per heavy atom. The quantitative estimate of drug-likeness (QED) is 0.187. The number of rotatable bonds is 7. The van der Waals surface area contributed by atoms with E-state index >= 15 is 0 Å². The van der Waals surface area contributed by atoms with Crippen LogP contribution in [0, 0.1) is 0 Å². The van der Waals surface area contributed by atoms with Gasteiger partial charge >= 0.3 is 6.18 Å². The zero-order valence-electron chi connectivity index (χ0n) is 19.5. The highest BCUT2D eigenvalue weighted by Gasteiger charge is 2.29. The van der Waals surface area contributed by atoms with E-state index < -0.39 is 11.7 Å². The third kappa shape index (κ3) is 7.65. The summed E-state index contributed by atoms with van der Waals surface area (Å²) in [4.78, 5) is 0. The van der Waals surface area contributed by atoms with Crippen LogP contribution in [0.3, 0.4) is 0 Å². The molecular weight excluding hydrogens is 471 g/mol. The molecule has 0 atom stereocenters. The predicted molar refractivity (Wildman–Crippen MR) is 141 cm³/mol. The van der Waals surface area contributed by atoms with Gasteiger partial charge in [-0.05, 0) is 72.1 Å². The monoisotopic (exact) mass is 497 g/mol. The summed E-state index contributed by atoms with van der Waals surface area (Å²) in [6, 6.07) is 20.2. The van der Waals surface area contributed by atoms with Crippen LogP contribution in [0.2, 0.25) is 0 Å². The molecule has 0 aliphatic heterocycles. The van der Waals surface area contributed by atoms with E-state index in [1.165, 1.54) is 17.7 Å². The Balaban J connectivity index is 1.53. The number of nitrogens with zero attached hydrogens (tertiary/aromatic N) is 2. The first-order chi connectivity index (χ1) is 16.6. The molecule has 3 rings (SSSR count). The minimum absolute atomic E-state index is 0.361. The smallest absolute Gasteiger partial charge is 0.331 e. The Morgan fingerprint density at radius 2 is 1.60 bits per heavy atom. The first-order valence-corrected chi connectivity index (χ1v) is 11.3. The summed E-state index contributed by atoms with van der Waals surface area (Å²) >= 11 is 5.33. The van der Waals surface area contributed by atoms with Gasteiger partial charge in [0.25, 0.3) is 0 Å². The van der Waals surface area contributed by atoms with Crippen LogP contribution in [-0.2, 0) is 6.18 Å². The van der Waals surface area contributed by atoms with Crippen LogP contribution in [0.4, 0.5) is 24.5 Å². The van der Waals surface area contributed by atoms with Crippen molar-refractivity contribution in [2.24, 2.45) is 10.2 Å². The van der Waals surface area contributed by atoms with E-state index in [0.717, 1.165) is 29.1 Å². The zero-order chi connectivity index (χ0) is 25.4. The maximum absolute atomic E-state index is 12.7. The van der Waals surface area contributed by atoms with Crippen LogP contribution < -0.4 is 16.2 Å². The SMILES string of the molecule is C/C(=N\Nc1ccc(C=NNC(=S)Nc2ccccc2C(C)C)cc1)c1ccc(C(F)(F)F)cc1. The van der Waals surface area contributed by atoms with Crippen molar-refractivity contribution in [3.63, 3.8) is 0 Å². The third-order valence-corrected chi connectivity index (χ3v) is 5.30. The predicted octanol–water partition coefficient (Wildman–Crippen LogP) is 6.99. The molecule has 0 saturated heterocycles. The summed E-state index contributed by atoms with van der Waals surface area (Å²) in [5.41, 5.74) is 9.87. The molecule has 0 aliphatic carbocycles. The van der Waals surface area contributed by atoms with Crippen LogP contribution in [0.25, 0.3) is 0 Å². The highest BCUT2D eigenvalue weighted by atomic mass is 32.1. The topological polar surface area (TPSA) is 60.8 Å². The number of nitrogens with one attached hydrogen (secondary N) is 3. The third-order valence-electron chi connectivity index (χ3n) is 5.10. The molecule has 0 heterocycles. The lowest BCUT2D eigenvalue weighted by Crippen LogP contribution is -2.24. The molecule has 9 heteroatoms. The van der Waals surface area contributed by atoms with E-state index in [4.69, 9.17) is 12.2 Å². The Kier molecular flexibility index (Phi) is 8.59. The highest BCUT2D eigenvalue weighted by Crippen LogP contribution is 2.29. The fourth-order valence-electron chi connectivity index (χ4n) is 3.19. The van der Waals surface area contributed by atoms with E-state index in [1.807, 2.05) is 42.5 Å². The summed E-state index contributed by atoms with van der Waals surface area (Å²) in [6.45, 7) is 5.96. The summed E-state index contributed by atoms with van der Waals surface area (Å²) in [5, 5.41) is 12.0. The number of hydrazone groups is 2.